The lowest BCUT2D eigenvalue weighted by Crippen LogP contribution is -2.42. The Morgan fingerprint density at radius 2 is 1.97 bits per heavy atom. The van der Waals surface area contributed by atoms with Crippen molar-refractivity contribution in [3.8, 4) is 17.2 Å². The van der Waals surface area contributed by atoms with E-state index in [0.29, 0.717) is 60.6 Å². The summed E-state index contributed by atoms with van der Waals surface area (Å²) in [5.41, 5.74) is 7.12. The second-order valence-corrected chi connectivity index (χ2v) is 7.43. The van der Waals surface area contributed by atoms with Crippen LogP contribution in [0.3, 0.4) is 0 Å². The third-order valence-corrected chi connectivity index (χ3v) is 5.12. The number of hydrogen-bond acceptors (Lipinski definition) is 10. The zero-order valence-corrected chi connectivity index (χ0v) is 19.2. The fourth-order valence-electron chi connectivity index (χ4n) is 3.30. The maximum atomic E-state index is 12.2. The van der Waals surface area contributed by atoms with Crippen LogP contribution in [-0.4, -0.2) is 67.0 Å². The fourth-order valence-corrected chi connectivity index (χ4v) is 3.30. The van der Waals surface area contributed by atoms with Gasteiger partial charge in [-0.15, -0.1) is 0 Å². The number of benzene rings is 2. The Labute approximate surface area is 202 Å². The summed E-state index contributed by atoms with van der Waals surface area (Å²) in [6, 6.07) is 14.8. The van der Waals surface area contributed by atoms with Crippen LogP contribution in [0, 0.1) is 0 Å². The molecule has 3 aromatic rings. The molecule has 0 unspecified atom stereocenters. The molecule has 1 saturated heterocycles. The van der Waals surface area contributed by atoms with Crippen molar-refractivity contribution < 1.29 is 23.8 Å². The van der Waals surface area contributed by atoms with Gasteiger partial charge in [0.25, 0.3) is 5.91 Å². The molecular weight excluding hydrogens is 452 g/mol. The third kappa shape index (κ3) is 6.36. The van der Waals surface area contributed by atoms with Crippen molar-refractivity contribution >= 4 is 29.4 Å². The maximum absolute atomic E-state index is 12.2. The minimum absolute atomic E-state index is 0.161. The number of rotatable bonds is 9. The van der Waals surface area contributed by atoms with Crippen molar-refractivity contribution in [3.63, 3.8) is 0 Å². The van der Waals surface area contributed by atoms with Crippen molar-refractivity contribution in [2.24, 2.45) is 5.16 Å². The van der Waals surface area contributed by atoms with Crippen LogP contribution in [-0.2, 0) is 14.4 Å². The molecule has 1 aliphatic rings. The number of nitrogens with two attached hydrogens (primary N) is 1. The fraction of sp³-hybridized carbons (Fsp3) is 0.250. The Balaban J connectivity index is 1.43. The molecule has 0 aliphatic carbocycles. The van der Waals surface area contributed by atoms with Crippen molar-refractivity contribution in [2.45, 2.75) is 0 Å². The molecule has 0 atom stereocenters. The molecule has 0 bridgehead atoms. The van der Waals surface area contributed by atoms with E-state index in [4.69, 9.17) is 24.8 Å². The van der Waals surface area contributed by atoms with Crippen LogP contribution >= 0.6 is 0 Å². The molecule has 0 saturated carbocycles. The first-order chi connectivity index (χ1) is 17.1. The van der Waals surface area contributed by atoms with Gasteiger partial charge in [-0.2, -0.15) is 0 Å². The lowest BCUT2D eigenvalue weighted by Gasteiger charge is -2.26. The van der Waals surface area contributed by atoms with Crippen LogP contribution < -0.4 is 20.5 Å². The first kappa shape index (κ1) is 23.8. The summed E-state index contributed by atoms with van der Waals surface area (Å²) < 4.78 is 16.6. The molecule has 3 N–H and O–H groups in total. The number of nitrogens with one attached hydrogen (secondary N) is 1. The van der Waals surface area contributed by atoms with E-state index in [-0.39, 0.29) is 18.3 Å². The number of nitrogens with zero attached hydrogens (tertiary/aromatic N) is 4. The van der Waals surface area contributed by atoms with E-state index < -0.39 is 0 Å². The first-order valence-corrected chi connectivity index (χ1v) is 10.9. The Kier molecular flexibility index (Phi) is 7.92. The highest BCUT2D eigenvalue weighted by molar-refractivity contribution is 5.92. The van der Waals surface area contributed by atoms with Crippen molar-refractivity contribution in [2.75, 3.05) is 51.1 Å². The summed E-state index contributed by atoms with van der Waals surface area (Å²) in [6.45, 7) is 1.93. The van der Waals surface area contributed by atoms with Gasteiger partial charge in [-0.25, -0.2) is 9.97 Å². The third-order valence-electron chi connectivity index (χ3n) is 5.12. The van der Waals surface area contributed by atoms with Crippen LogP contribution in [0.1, 0.15) is 5.56 Å². The number of oxime groups is 1. The summed E-state index contributed by atoms with van der Waals surface area (Å²) in [7, 11) is 1.56. The first-order valence-electron chi connectivity index (χ1n) is 10.9. The van der Waals surface area contributed by atoms with Crippen molar-refractivity contribution in [1.29, 1.82) is 0 Å². The minimum atomic E-state index is -0.188. The number of morpholine rings is 1. The number of aromatic nitrogens is 2. The normalized spacial score (nSPS) is 13.5. The maximum Gasteiger partial charge on any atom is 0.263 e. The Morgan fingerprint density at radius 3 is 2.74 bits per heavy atom. The molecule has 1 aliphatic heterocycles. The van der Waals surface area contributed by atoms with Crippen LogP contribution in [0.15, 0.2) is 60.0 Å². The molecule has 182 valence electrons. The molecule has 2 heterocycles. The van der Waals surface area contributed by atoms with Gasteiger partial charge in [-0.05, 0) is 24.3 Å². The van der Waals surface area contributed by atoms with E-state index in [0.717, 1.165) is 0 Å². The van der Waals surface area contributed by atoms with Crippen LogP contribution in [0.4, 0.5) is 17.3 Å². The zero-order valence-electron chi connectivity index (χ0n) is 19.2. The number of carbonyl (C=O) groups excluding carboxylic acids is 1. The van der Waals surface area contributed by atoms with Crippen LogP contribution in [0.2, 0.25) is 0 Å². The quantitative estimate of drug-likeness (QED) is 0.352. The van der Waals surface area contributed by atoms with E-state index in [1.165, 1.54) is 12.5 Å². The standard InChI is InChI=1S/C24H26N6O5/c1-32-21-13-17(7-8-20(21)35-18-5-3-2-4-6-18)29-24-19(23(25)26-16-27-24)14-28-34-15-22(31)30-9-11-33-12-10-30/h2-8,13-14,16H,9-12,15H2,1H3,(H3,25,26,27,29). The average Bonchev–Trinajstić information content (AvgIpc) is 2.89. The van der Waals surface area contributed by atoms with Gasteiger partial charge >= 0.3 is 0 Å². The molecular formula is C24H26N6O5. The number of methoxy groups -OCH3 is 1. The minimum Gasteiger partial charge on any atom is -0.493 e. The molecule has 1 fully saturated rings. The molecule has 2 aromatic carbocycles. The predicted molar refractivity (Wildman–Crippen MR) is 130 cm³/mol. The molecule has 11 nitrogen and oxygen atoms in total. The van der Waals surface area contributed by atoms with E-state index in [2.05, 4.69) is 20.4 Å². The highest BCUT2D eigenvalue weighted by Crippen LogP contribution is 2.34. The molecule has 1 amide bonds. The van der Waals surface area contributed by atoms with Gasteiger partial charge in [0.1, 0.15) is 23.7 Å². The summed E-state index contributed by atoms with van der Waals surface area (Å²) >= 11 is 0. The SMILES string of the molecule is COc1cc(Nc2ncnc(N)c2C=NOCC(=O)N2CCOCC2)ccc1Oc1ccccc1. The van der Waals surface area contributed by atoms with Crippen molar-refractivity contribution in [1.82, 2.24) is 14.9 Å². The van der Waals surface area contributed by atoms with Gasteiger partial charge in [-0.3, -0.25) is 4.79 Å². The van der Waals surface area contributed by atoms with E-state index in [1.54, 1.807) is 24.1 Å². The molecule has 35 heavy (non-hydrogen) atoms. The van der Waals surface area contributed by atoms with Crippen molar-refractivity contribution in [3.05, 3.63) is 60.4 Å². The number of anilines is 3. The summed E-state index contributed by atoms with van der Waals surface area (Å²) in [6.07, 6.45) is 2.70. The van der Waals surface area contributed by atoms with E-state index in [9.17, 15) is 4.79 Å². The predicted octanol–water partition coefficient (Wildman–Crippen LogP) is 2.81. The summed E-state index contributed by atoms with van der Waals surface area (Å²) in [5, 5.41) is 7.06. The lowest BCUT2D eigenvalue weighted by atomic mass is 10.2. The average molecular weight is 479 g/mol. The lowest BCUT2D eigenvalue weighted by molar-refractivity contribution is -0.140. The number of nitrogen functional groups attached to an aromatic ring is 1. The number of hydrogen-bond donors (Lipinski definition) is 2. The monoisotopic (exact) mass is 478 g/mol. The van der Waals surface area contributed by atoms with Crippen LogP contribution in [0.25, 0.3) is 0 Å². The number of amides is 1. The Morgan fingerprint density at radius 1 is 1.17 bits per heavy atom. The smallest absolute Gasteiger partial charge is 0.263 e. The number of ether oxygens (including phenoxy) is 3. The summed E-state index contributed by atoms with van der Waals surface area (Å²) in [5.74, 6) is 2.23. The van der Waals surface area contributed by atoms with Gasteiger partial charge in [0.05, 0.1) is 32.1 Å². The Hall–Kier alpha value is -4.38. The van der Waals surface area contributed by atoms with Gasteiger partial charge in [0.15, 0.2) is 18.1 Å². The second-order valence-electron chi connectivity index (χ2n) is 7.43. The molecule has 0 spiro atoms. The Bertz CT molecular complexity index is 1170. The van der Waals surface area contributed by atoms with Gasteiger partial charge < -0.3 is 35.0 Å². The largest absolute Gasteiger partial charge is 0.493 e. The number of para-hydroxylation sites is 1. The van der Waals surface area contributed by atoms with Gasteiger partial charge in [0, 0.05) is 24.8 Å². The molecule has 1 aromatic heterocycles. The summed E-state index contributed by atoms with van der Waals surface area (Å²) in [4.78, 5) is 27.3. The molecule has 0 radical (unpaired) electrons. The molecule has 4 rings (SSSR count). The van der Waals surface area contributed by atoms with E-state index in [1.807, 2.05) is 36.4 Å². The topological polar surface area (TPSA) is 133 Å². The van der Waals surface area contributed by atoms with Gasteiger partial charge in [0.2, 0.25) is 0 Å². The highest BCUT2D eigenvalue weighted by Gasteiger charge is 2.17. The van der Waals surface area contributed by atoms with Gasteiger partial charge in [-0.1, -0.05) is 23.4 Å². The molecule has 11 heteroatoms. The van der Waals surface area contributed by atoms with Crippen LogP contribution in [0.5, 0.6) is 17.2 Å². The van der Waals surface area contributed by atoms with E-state index >= 15 is 0 Å². The number of carbonyl (C=O) groups is 1. The second kappa shape index (κ2) is 11.7. The zero-order chi connectivity index (χ0) is 24.5. The highest BCUT2D eigenvalue weighted by atomic mass is 16.6.